The summed E-state index contributed by atoms with van der Waals surface area (Å²) in [5.41, 5.74) is 1.43. The van der Waals surface area contributed by atoms with Crippen molar-refractivity contribution in [2.45, 2.75) is 38.8 Å². The number of hydrogen-bond donors (Lipinski definition) is 0. The Balaban J connectivity index is 1.62. The zero-order valence-electron chi connectivity index (χ0n) is 16.3. The van der Waals surface area contributed by atoms with E-state index in [1.165, 1.54) is 0 Å². The number of carbonyl (C=O) groups is 1. The Morgan fingerprint density at radius 3 is 2.93 bits per heavy atom. The average Bonchev–Trinajstić information content (AvgIpc) is 3.29. The average molecular weight is 404 g/mol. The normalized spacial score (nSPS) is 17.5. The van der Waals surface area contributed by atoms with Crippen molar-refractivity contribution in [3.63, 3.8) is 0 Å². The standard InChI is InChI=1S/C18H22ClN7O2/c1-18(2,3)28-17(27)24(4)12-5-6-25(9-12)15-16-23-21-10-26(16)13-7-11(19)8-20-14(13)22-15/h7-8,10,12H,5-6,9H2,1-4H3/t12-/m1/s1. The van der Waals surface area contributed by atoms with Crippen molar-refractivity contribution in [1.82, 2.24) is 29.5 Å². The van der Waals surface area contributed by atoms with Gasteiger partial charge in [-0.3, -0.25) is 4.40 Å². The molecule has 3 aromatic rings. The quantitative estimate of drug-likeness (QED) is 0.649. The molecule has 1 fully saturated rings. The van der Waals surface area contributed by atoms with Gasteiger partial charge in [-0.2, -0.15) is 0 Å². The predicted octanol–water partition coefficient (Wildman–Crippen LogP) is 2.77. The Labute approximate surface area is 167 Å². The molecule has 0 aromatic carbocycles. The number of fused-ring (bicyclic) bond motifs is 3. The van der Waals surface area contributed by atoms with Crippen LogP contribution in [0.3, 0.4) is 0 Å². The highest BCUT2D eigenvalue weighted by Crippen LogP contribution is 2.28. The van der Waals surface area contributed by atoms with Crippen LogP contribution in [-0.4, -0.2) is 67.3 Å². The monoisotopic (exact) mass is 403 g/mol. The van der Waals surface area contributed by atoms with Crippen LogP contribution in [0, 0.1) is 0 Å². The lowest BCUT2D eigenvalue weighted by Crippen LogP contribution is -2.42. The van der Waals surface area contributed by atoms with Crippen LogP contribution in [0.2, 0.25) is 5.02 Å². The van der Waals surface area contributed by atoms with Crippen molar-refractivity contribution < 1.29 is 9.53 Å². The molecule has 0 unspecified atom stereocenters. The van der Waals surface area contributed by atoms with Gasteiger partial charge < -0.3 is 14.5 Å². The molecule has 9 nitrogen and oxygen atoms in total. The molecule has 28 heavy (non-hydrogen) atoms. The van der Waals surface area contributed by atoms with E-state index in [2.05, 4.69) is 20.1 Å². The molecule has 0 saturated carbocycles. The van der Waals surface area contributed by atoms with E-state index in [4.69, 9.17) is 21.3 Å². The third kappa shape index (κ3) is 3.42. The molecule has 4 rings (SSSR count). The summed E-state index contributed by atoms with van der Waals surface area (Å²) in [7, 11) is 1.77. The first kappa shape index (κ1) is 18.7. The van der Waals surface area contributed by atoms with Crippen LogP contribution in [0.15, 0.2) is 18.6 Å². The third-order valence-corrected chi connectivity index (χ3v) is 4.93. The summed E-state index contributed by atoms with van der Waals surface area (Å²) in [6.07, 6.45) is 3.68. The molecule has 4 heterocycles. The lowest BCUT2D eigenvalue weighted by molar-refractivity contribution is 0.0238. The number of likely N-dealkylation sites (N-methyl/N-ethyl adjacent to an activating group) is 1. The van der Waals surface area contributed by atoms with Gasteiger partial charge in [0.15, 0.2) is 11.5 Å². The van der Waals surface area contributed by atoms with Crippen LogP contribution in [0.25, 0.3) is 16.8 Å². The van der Waals surface area contributed by atoms with Crippen LogP contribution in [0.1, 0.15) is 27.2 Å². The Bertz CT molecular complexity index is 1050. The maximum atomic E-state index is 12.4. The molecule has 1 amide bonds. The minimum absolute atomic E-state index is 0.0218. The summed E-state index contributed by atoms with van der Waals surface area (Å²) < 4.78 is 7.32. The summed E-state index contributed by atoms with van der Waals surface area (Å²) in [6, 6.07) is 1.81. The summed E-state index contributed by atoms with van der Waals surface area (Å²) >= 11 is 6.08. The molecule has 0 bridgehead atoms. The van der Waals surface area contributed by atoms with Gasteiger partial charge in [-0.05, 0) is 33.3 Å². The number of ether oxygens (including phenoxy) is 1. The molecule has 1 aliphatic heterocycles. The number of amides is 1. The topological polar surface area (TPSA) is 88.8 Å². The number of aromatic nitrogens is 5. The fourth-order valence-electron chi connectivity index (χ4n) is 3.34. The van der Waals surface area contributed by atoms with Crippen molar-refractivity contribution in [1.29, 1.82) is 0 Å². The Morgan fingerprint density at radius 2 is 2.18 bits per heavy atom. The maximum absolute atomic E-state index is 12.4. The highest BCUT2D eigenvalue weighted by molar-refractivity contribution is 6.31. The number of halogens is 1. The molecule has 1 saturated heterocycles. The van der Waals surface area contributed by atoms with Gasteiger partial charge in [0.2, 0.25) is 5.65 Å². The van der Waals surface area contributed by atoms with Crippen molar-refractivity contribution >= 4 is 40.3 Å². The summed E-state index contributed by atoms with van der Waals surface area (Å²) in [5, 5.41) is 8.78. The highest BCUT2D eigenvalue weighted by Gasteiger charge is 2.33. The van der Waals surface area contributed by atoms with Crippen molar-refractivity contribution in [2.24, 2.45) is 0 Å². The van der Waals surface area contributed by atoms with E-state index in [9.17, 15) is 4.79 Å². The molecule has 0 N–H and O–H groups in total. The number of nitrogens with zero attached hydrogens (tertiary/aromatic N) is 7. The second kappa shape index (κ2) is 6.73. The molecule has 0 aliphatic carbocycles. The smallest absolute Gasteiger partial charge is 0.410 e. The molecule has 0 radical (unpaired) electrons. The van der Waals surface area contributed by atoms with Crippen LogP contribution >= 0.6 is 11.6 Å². The molecular formula is C18H22ClN7O2. The largest absolute Gasteiger partial charge is 0.444 e. The second-order valence-corrected chi connectivity index (χ2v) is 8.37. The molecular weight excluding hydrogens is 382 g/mol. The zero-order valence-corrected chi connectivity index (χ0v) is 17.0. The Morgan fingerprint density at radius 1 is 1.39 bits per heavy atom. The number of rotatable bonds is 2. The molecule has 1 atom stereocenters. The van der Waals surface area contributed by atoms with Crippen LogP contribution in [-0.2, 0) is 4.74 Å². The minimum Gasteiger partial charge on any atom is -0.444 e. The SMILES string of the molecule is CN(C(=O)OC(C)(C)C)[C@@H]1CCN(c2nc3ncc(Cl)cc3n3cnnc23)C1. The van der Waals surface area contributed by atoms with Crippen molar-refractivity contribution in [3.8, 4) is 0 Å². The zero-order chi connectivity index (χ0) is 20.1. The van der Waals surface area contributed by atoms with Gasteiger partial charge in [0.1, 0.15) is 11.9 Å². The van der Waals surface area contributed by atoms with Gasteiger partial charge in [0.05, 0.1) is 16.6 Å². The van der Waals surface area contributed by atoms with E-state index >= 15 is 0 Å². The van der Waals surface area contributed by atoms with Crippen LogP contribution in [0.4, 0.5) is 10.6 Å². The van der Waals surface area contributed by atoms with E-state index in [1.54, 1.807) is 30.5 Å². The first-order chi connectivity index (χ1) is 13.2. The Hall–Kier alpha value is -2.68. The first-order valence-electron chi connectivity index (χ1n) is 9.09. The van der Waals surface area contributed by atoms with Crippen molar-refractivity contribution in [3.05, 3.63) is 23.6 Å². The predicted molar refractivity (Wildman–Crippen MR) is 106 cm³/mol. The molecule has 3 aromatic heterocycles. The van der Waals surface area contributed by atoms with Gasteiger partial charge in [-0.15, -0.1) is 10.2 Å². The van der Waals surface area contributed by atoms with E-state index < -0.39 is 5.60 Å². The lowest BCUT2D eigenvalue weighted by Gasteiger charge is -2.28. The maximum Gasteiger partial charge on any atom is 0.410 e. The van der Waals surface area contributed by atoms with E-state index in [0.717, 1.165) is 18.5 Å². The summed E-state index contributed by atoms with van der Waals surface area (Å²) in [6.45, 7) is 6.96. The Kier molecular flexibility index (Phi) is 4.49. The second-order valence-electron chi connectivity index (χ2n) is 7.94. The van der Waals surface area contributed by atoms with Crippen molar-refractivity contribution in [2.75, 3.05) is 25.0 Å². The summed E-state index contributed by atoms with van der Waals surface area (Å²) in [5.74, 6) is 0.694. The highest BCUT2D eigenvalue weighted by atomic mass is 35.5. The fourth-order valence-corrected chi connectivity index (χ4v) is 3.50. The molecule has 1 aliphatic rings. The van der Waals surface area contributed by atoms with Gasteiger partial charge >= 0.3 is 6.09 Å². The third-order valence-electron chi connectivity index (χ3n) is 4.73. The molecule has 148 valence electrons. The summed E-state index contributed by atoms with van der Waals surface area (Å²) in [4.78, 5) is 25.2. The lowest BCUT2D eigenvalue weighted by atomic mass is 10.2. The molecule has 0 spiro atoms. The van der Waals surface area contributed by atoms with Gasteiger partial charge in [0, 0.05) is 26.3 Å². The van der Waals surface area contributed by atoms with E-state index in [1.807, 2.05) is 25.2 Å². The fraction of sp³-hybridized carbons (Fsp3) is 0.500. The van der Waals surface area contributed by atoms with Crippen LogP contribution in [0.5, 0.6) is 0 Å². The van der Waals surface area contributed by atoms with E-state index in [0.29, 0.717) is 28.7 Å². The number of pyridine rings is 1. The first-order valence-corrected chi connectivity index (χ1v) is 9.46. The number of anilines is 1. The van der Waals surface area contributed by atoms with Crippen LogP contribution < -0.4 is 4.90 Å². The molecule has 10 heteroatoms. The van der Waals surface area contributed by atoms with E-state index in [-0.39, 0.29) is 12.1 Å². The minimum atomic E-state index is -0.524. The van der Waals surface area contributed by atoms with Gasteiger partial charge in [0.25, 0.3) is 0 Å². The number of hydrogen-bond acceptors (Lipinski definition) is 7. The van der Waals surface area contributed by atoms with Gasteiger partial charge in [-0.1, -0.05) is 11.6 Å². The number of carbonyl (C=O) groups excluding carboxylic acids is 1. The van der Waals surface area contributed by atoms with Gasteiger partial charge in [-0.25, -0.2) is 14.8 Å².